The molecule has 0 fully saturated rings. The van der Waals surface area contributed by atoms with Crippen molar-refractivity contribution in [3.63, 3.8) is 0 Å². The van der Waals surface area contributed by atoms with Gasteiger partial charge in [-0.2, -0.15) is 0 Å². The Kier molecular flexibility index (Phi) is 6.67. The number of benzene rings is 2. The Bertz CT molecular complexity index is 997. The number of anilines is 2. The Morgan fingerprint density at radius 2 is 1.77 bits per heavy atom. The second-order valence-electron chi connectivity index (χ2n) is 7.25. The highest BCUT2D eigenvalue weighted by Gasteiger charge is 2.32. The molecule has 0 radical (unpaired) electrons. The Balaban J connectivity index is 1.80. The predicted octanol–water partition coefficient (Wildman–Crippen LogP) is 3.78. The maximum atomic E-state index is 13.2. The highest BCUT2D eigenvalue weighted by Crippen LogP contribution is 2.36. The van der Waals surface area contributed by atoms with E-state index in [1.165, 1.54) is 6.08 Å². The second-order valence-corrected chi connectivity index (χ2v) is 7.25. The number of ketones is 2. The van der Waals surface area contributed by atoms with Gasteiger partial charge in [0, 0.05) is 36.3 Å². The summed E-state index contributed by atoms with van der Waals surface area (Å²) in [6.45, 7) is 6.11. The third kappa shape index (κ3) is 4.13. The SMILES string of the molecule is C=CC(=O)NC(CC)CCCNc1c(NC)ccc2c1C(=O)c1ccccc1C2=O. The van der Waals surface area contributed by atoms with Crippen LogP contribution in [0.2, 0.25) is 0 Å². The lowest BCUT2D eigenvalue weighted by Crippen LogP contribution is -2.33. The number of amides is 1. The largest absolute Gasteiger partial charge is 0.386 e. The first-order valence-corrected chi connectivity index (χ1v) is 10.2. The van der Waals surface area contributed by atoms with Crippen molar-refractivity contribution in [2.75, 3.05) is 24.2 Å². The van der Waals surface area contributed by atoms with Crippen LogP contribution in [0.4, 0.5) is 11.4 Å². The van der Waals surface area contributed by atoms with Crippen molar-refractivity contribution in [2.45, 2.75) is 32.2 Å². The van der Waals surface area contributed by atoms with E-state index < -0.39 is 0 Å². The van der Waals surface area contributed by atoms with Gasteiger partial charge in [0.15, 0.2) is 11.6 Å². The Hall–Kier alpha value is -3.41. The first kappa shape index (κ1) is 21.3. The highest BCUT2D eigenvalue weighted by molar-refractivity contribution is 6.30. The van der Waals surface area contributed by atoms with E-state index in [1.54, 1.807) is 37.4 Å². The van der Waals surface area contributed by atoms with Gasteiger partial charge in [0.05, 0.1) is 16.9 Å². The number of fused-ring (bicyclic) bond motifs is 2. The third-order valence-corrected chi connectivity index (χ3v) is 5.42. The molecule has 0 saturated heterocycles. The Morgan fingerprint density at radius 1 is 1.07 bits per heavy atom. The van der Waals surface area contributed by atoms with Gasteiger partial charge in [0.25, 0.3) is 0 Å². The van der Waals surface area contributed by atoms with E-state index >= 15 is 0 Å². The van der Waals surface area contributed by atoms with Crippen LogP contribution in [0.5, 0.6) is 0 Å². The van der Waals surface area contributed by atoms with Gasteiger partial charge in [-0.25, -0.2) is 0 Å². The molecule has 30 heavy (non-hydrogen) atoms. The van der Waals surface area contributed by atoms with Crippen LogP contribution in [-0.2, 0) is 4.79 Å². The van der Waals surface area contributed by atoms with Crippen molar-refractivity contribution >= 4 is 28.8 Å². The molecule has 2 aromatic rings. The van der Waals surface area contributed by atoms with Gasteiger partial charge in [-0.15, -0.1) is 0 Å². The van der Waals surface area contributed by atoms with Crippen molar-refractivity contribution in [1.29, 1.82) is 0 Å². The van der Waals surface area contributed by atoms with Crippen LogP contribution < -0.4 is 16.0 Å². The molecule has 2 aromatic carbocycles. The van der Waals surface area contributed by atoms with E-state index in [4.69, 9.17) is 0 Å². The van der Waals surface area contributed by atoms with Crippen molar-refractivity contribution in [3.8, 4) is 0 Å². The lowest BCUT2D eigenvalue weighted by Gasteiger charge is -2.23. The molecule has 1 aliphatic carbocycles. The normalized spacial score (nSPS) is 13.1. The molecule has 0 saturated carbocycles. The molecule has 3 rings (SSSR count). The zero-order valence-electron chi connectivity index (χ0n) is 17.4. The van der Waals surface area contributed by atoms with Crippen molar-refractivity contribution in [3.05, 3.63) is 71.3 Å². The minimum atomic E-state index is -0.174. The van der Waals surface area contributed by atoms with Gasteiger partial charge < -0.3 is 16.0 Å². The van der Waals surface area contributed by atoms with Gasteiger partial charge in [-0.3, -0.25) is 14.4 Å². The number of hydrogen-bond acceptors (Lipinski definition) is 5. The maximum Gasteiger partial charge on any atom is 0.243 e. The summed E-state index contributed by atoms with van der Waals surface area (Å²) in [5.41, 5.74) is 3.13. The van der Waals surface area contributed by atoms with E-state index in [2.05, 4.69) is 22.5 Å². The number of rotatable bonds is 9. The van der Waals surface area contributed by atoms with Crippen LogP contribution in [0.1, 0.15) is 58.0 Å². The summed E-state index contributed by atoms with van der Waals surface area (Å²) in [7, 11) is 1.79. The van der Waals surface area contributed by atoms with E-state index in [1.807, 2.05) is 13.0 Å². The number of carbonyl (C=O) groups excluding carboxylic acids is 3. The van der Waals surface area contributed by atoms with Gasteiger partial charge in [0.2, 0.25) is 5.91 Å². The van der Waals surface area contributed by atoms with Crippen molar-refractivity contribution < 1.29 is 14.4 Å². The second kappa shape index (κ2) is 9.39. The third-order valence-electron chi connectivity index (χ3n) is 5.42. The van der Waals surface area contributed by atoms with Crippen LogP contribution in [-0.4, -0.2) is 37.1 Å². The highest BCUT2D eigenvalue weighted by atomic mass is 16.1. The molecule has 1 amide bonds. The topological polar surface area (TPSA) is 87.3 Å². The van der Waals surface area contributed by atoms with Crippen LogP contribution in [0.25, 0.3) is 0 Å². The smallest absolute Gasteiger partial charge is 0.243 e. The molecule has 1 aliphatic rings. The minimum Gasteiger partial charge on any atom is -0.386 e. The molecule has 156 valence electrons. The van der Waals surface area contributed by atoms with Crippen LogP contribution in [0, 0.1) is 0 Å². The molecular formula is C24H27N3O3. The average molecular weight is 405 g/mol. The Morgan fingerprint density at radius 3 is 2.40 bits per heavy atom. The van der Waals surface area contributed by atoms with Crippen molar-refractivity contribution in [2.24, 2.45) is 0 Å². The summed E-state index contributed by atoms with van der Waals surface area (Å²) in [6.07, 6.45) is 3.69. The molecule has 0 spiro atoms. The van der Waals surface area contributed by atoms with E-state index in [0.717, 1.165) is 24.9 Å². The maximum absolute atomic E-state index is 13.2. The average Bonchev–Trinajstić information content (AvgIpc) is 2.78. The summed E-state index contributed by atoms with van der Waals surface area (Å²) >= 11 is 0. The summed E-state index contributed by atoms with van der Waals surface area (Å²) in [5.74, 6) is -0.458. The molecule has 6 nitrogen and oxygen atoms in total. The lowest BCUT2D eigenvalue weighted by atomic mass is 9.83. The summed E-state index contributed by atoms with van der Waals surface area (Å²) < 4.78 is 0. The van der Waals surface area contributed by atoms with Crippen LogP contribution >= 0.6 is 0 Å². The molecule has 1 unspecified atom stereocenters. The van der Waals surface area contributed by atoms with E-state index in [9.17, 15) is 14.4 Å². The summed E-state index contributed by atoms with van der Waals surface area (Å²) in [6, 6.07) is 10.5. The first-order valence-electron chi connectivity index (χ1n) is 10.2. The number of nitrogens with one attached hydrogen (secondary N) is 3. The molecule has 0 aromatic heterocycles. The fourth-order valence-corrected chi connectivity index (χ4v) is 3.78. The molecule has 0 heterocycles. The molecule has 1 atom stereocenters. The zero-order valence-corrected chi connectivity index (χ0v) is 17.4. The van der Waals surface area contributed by atoms with Gasteiger partial charge >= 0.3 is 0 Å². The number of hydrogen-bond donors (Lipinski definition) is 3. The van der Waals surface area contributed by atoms with E-state index in [0.29, 0.717) is 34.5 Å². The zero-order chi connectivity index (χ0) is 21.7. The molecular weight excluding hydrogens is 378 g/mol. The minimum absolute atomic E-state index is 0.0702. The summed E-state index contributed by atoms with van der Waals surface area (Å²) in [5, 5.41) is 9.37. The first-order chi connectivity index (χ1) is 14.5. The van der Waals surface area contributed by atoms with Crippen LogP contribution in [0.15, 0.2) is 49.1 Å². The van der Waals surface area contributed by atoms with Crippen molar-refractivity contribution in [1.82, 2.24) is 5.32 Å². The monoisotopic (exact) mass is 405 g/mol. The Labute approximate surface area is 176 Å². The lowest BCUT2D eigenvalue weighted by molar-refractivity contribution is -0.117. The standard InChI is InChI=1S/C24H27N3O3/c1-4-15(27-20(28)5-2)9-8-14-26-22-19(25-3)13-12-18-21(22)24(30)17-11-7-6-10-16(17)23(18)29/h5-7,10-13,15,25-26H,2,4,8-9,14H2,1,3H3,(H,27,28). The fraction of sp³-hybridized carbons (Fsp3) is 0.292. The molecule has 3 N–H and O–H groups in total. The van der Waals surface area contributed by atoms with Gasteiger partial charge in [0.1, 0.15) is 0 Å². The van der Waals surface area contributed by atoms with Gasteiger partial charge in [-0.1, -0.05) is 37.8 Å². The van der Waals surface area contributed by atoms with E-state index in [-0.39, 0.29) is 23.5 Å². The molecule has 0 bridgehead atoms. The fourth-order valence-electron chi connectivity index (χ4n) is 3.78. The molecule has 0 aliphatic heterocycles. The van der Waals surface area contributed by atoms with Crippen LogP contribution in [0.3, 0.4) is 0 Å². The predicted molar refractivity (Wildman–Crippen MR) is 119 cm³/mol. The summed E-state index contributed by atoms with van der Waals surface area (Å²) in [4.78, 5) is 37.7. The molecule has 6 heteroatoms. The quantitative estimate of drug-likeness (QED) is 0.373. The number of carbonyl (C=O) groups is 3. The van der Waals surface area contributed by atoms with Gasteiger partial charge in [-0.05, 0) is 37.5 Å².